The van der Waals surface area contributed by atoms with E-state index in [1.807, 2.05) is 18.2 Å². The number of carbonyl (C=O) groups is 2. The van der Waals surface area contributed by atoms with Crippen molar-refractivity contribution in [3.63, 3.8) is 0 Å². The summed E-state index contributed by atoms with van der Waals surface area (Å²) in [6.07, 6.45) is 0.974. The zero-order valence-electron chi connectivity index (χ0n) is 16.9. The van der Waals surface area contributed by atoms with Crippen LogP contribution in [0.2, 0.25) is 0 Å². The standard InChI is InChI=1S/C21H21N3O5S2/c1-29-20(26)13-23-17-10-9-16(24(27)28)12-18(17)31-21(23)22-19(25)8-5-11-30-14-15-6-3-2-4-7-15/h2-4,6-7,9-10,12H,5,8,11,13-14H2,1H3. The molecular weight excluding hydrogens is 438 g/mol. The molecule has 0 fully saturated rings. The summed E-state index contributed by atoms with van der Waals surface area (Å²) in [6.45, 7) is -0.132. The van der Waals surface area contributed by atoms with Gasteiger partial charge in [0.2, 0.25) is 5.91 Å². The number of benzene rings is 2. The van der Waals surface area contributed by atoms with Crippen molar-refractivity contribution in [3.05, 3.63) is 69.0 Å². The number of nitrogens with zero attached hydrogens (tertiary/aromatic N) is 3. The molecule has 31 heavy (non-hydrogen) atoms. The van der Waals surface area contributed by atoms with Crippen LogP contribution in [0.5, 0.6) is 0 Å². The Morgan fingerprint density at radius 1 is 1.23 bits per heavy atom. The maximum atomic E-state index is 12.4. The van der Waals surface area contributed by atoms with Crippen molar-refractivity contribution in [1.82, 2.24) is 4.57 Å². The molecule has 0 aliphatic heterocycles. The maximum absolute atomic E-state index is 12.4. The third-order valence-corrected chi connectivity index (χ3v) is 6.56. The van der Waals surface area contributed by atoms with E-state index in [-0.39, 0.29) is 24.6 Å². The van der Waals surface area contributed by atoms with Gasteiger partial charge in [-0.15, -0.1) is 0 Å². The molecule has 0 atom stereocenters. The molecule has 3 rings (SSSR count). The molecule has 8 nitrogen and oxygen atoms in total. The van der Waals surface area contributed by atoms with E-state index in [9.17, 15) is 19.7 Å². The van der Waals surface area contributed by atoms with Gasteiger partial charge in [-0.05, 0) is 23.8 Å². The topological polar surface area (TPSA) is 104 Å². The summed E-state index contributed by atoms with van der Waals surface area (Å²) in [7, 11) is 1.28. The summed E-state index contributed by atoms with van der Waals surface area (Å²) < 4.78 is 6.86. The van der Waals surface area contributed by atoms with Gasteiger partial charge in [-0.3, -0.25) is 19.7 Å². The molecule has 3 aromatic rings. The second-order valence-electron chi connectivity index (χ2n) is 6.60. The monoisotopic (exact) mass is 459 g/mol. The summed E-state index contributed by atoms with van der Waals surface area (Å²) in [6, 6.07) is 14.4. The van der Waals surface area contributed by atoms with Crippen molar-refractivity contribution < 1.29 is 19.2 Å². The van der Waals surface area contributed by atoms with Crippen LogP contribution in [0.3, 0.4) is 0 Å². The van der Waals surface area contributed by atoms with Gasteiger partial charge in [0.1, 0.15) is 6.54 Å². The number of non-ortho nitro benzene ring substituents is 1. The van der Waals surface area contributed by atoms with E-state index in [1.165, 1.54) is 24.8 Å². The number of esters is 1. The predicted octanol–water partition coefficient (Wildman–Crippen LogP) is 3.92. The van der Waals surface area contributed by atoms with Crippen LogP contribution in [0.1, 0.15) is 18.4 Å². The Bertz CT molecular complexity index is 1150. The number of rotatable bonds is 9. The Morgan fingerprint density at radius 3 is 2.71 bits per heavy atom. The average molecular weight is 460 g/mol. The van der Waals surface area contributed by atoms with Crippen molar-refractivity contribution in [2.24, 2.45) is 4.99 Å². The van der Waals surface area contributed by atoms with Gasteiger partial charge in [0.05, 0.1) is 22.2 Å². The summed E-state index contributed by atoms with van der Waals surface area (Å²) in [5.41, 5.74) is 1.77. The molecule has 0 N–H and O–H groups in total. The number of nitro groups is 1. The molecule has 0 saturated heterocycles. The molecule has 1 amide bonds. The Kier molecular flexibility index (Phi) is 7.96. The number of carbonyl (C=O) groups excluding carboxylic acids is 2. The number of thioether (sulfide) groups is 1. The Balaban J connectivity index is 1.71. The summed E-state index contributed by atoms with van der Waals surface area (Å²) in [5.74, 6) is 0.932. The van der Waals surface area contributed by atoms with Crippen LogP contribution < -0.4 is 4.80 Å². The van der Waals surface area contributed by atoms with Gasteiger partial charge in [-0.2, -0.15) is 16.8 Å². The summed E-state index contributed by atoms with van der Waals surface area (Å²) >= 11 is 2.89. The lowest BCUT2D eigenvalue weighted by Crippen LogP contribution is -2.22. The molecule has 0 radical (unpaired) electrons. The zero-order chi connectivity index (χ0) is 22.2. The van der Waals surface area contributed by atoms with Gasteiger partial charge >= 0.3 is 5.97 Å². The number of ether oxygens (including phenoxy) is 1. The summed E-state index contributed by atoms with van der Waals surface area (Å²) in [4.78, 5) is 39.3. The molecule has 1 aromatic heterocycles. The highest BCUT2D eigenvalue weighted by Crippen LogP contribution is 2.23. The lowest BCUT2D eigenvalue weighted by atomic mass is 10.2. The van der Waals surface area contributed by atoms with Gasteiger partial charge < -0.3 is 9.30 Å². The number of methoxy groups -OCH3 is 1. The molecule has 0 bridgehead atoms. The molecule has 0 aliphatic rings. The summed E-state index contributed by atoms with van der Waals surface area (Å²) in [5, 5.41) is 11.1. The highest BCUT2D eigenvalue weighted by molar-refractivity contribution is 7.98. The Labute approximate surface area is 186 Å². The minimum absolute atomic E-state index is 0.0627. The van der Waals surface area contributed by atoms with Gasteiger partial charge in [0, 0.05) is 24.3 Å². The first kappa shape index (κ1) is 22.7. The Hall–Kier alpha value is -2.98. The second-order valence-corrected chi connectivity index (χ2v) is 8.72. The fourth-order valence-corrected chi connectivity index (χ4v) is 4.86. The maximum Gasteiger partial charge on any atom is 0.325 e. The quantitative estimate of drug-likeness (QED) is 0.208. The number of thiazole rings is 1. The molecule has 10 heteroatoms. The van der Waals surface area contributed by atoms with Gasteiger partial charge in [-0.1, -0.05) is 41.7 Å². The van der Waals surface area contributed by atoms with Crippen molar-refractivity contribution in [3.8, 4) is 0 Å². The normalized spacial score (nSPS) is 11.6. The number of hydrogen-bond donors (Lipinski definition) is 0. The third-order valence-electron chi connectivity index (χ3n) is 4.40. The number of aromatic nitrogens is 1. The van der Waals surface area contributed by atoms with Crippen LogP contribution in [0.15, 0.2) is 53.5 Å². The molecule has 0 saturated carbocycles. The SMILES string of the molecule is COC(=O)Cn1c(=NC(=O)CCCSCc2ccccc2)sc2cc([N+](=O)[O-])ccc21. The molecule has 0 spiro atoms. The molecule has 2 aromatic carbocycles. The lowest BCUT2D eigenvalue weighted by molar-refractivity contribution is -0.384. The van der Waals surface area contributed by atoms with E-state index in [2.05, 4.69) is 17.1 Å². The first-order chi connectivity index (χ1) is 15.0. The number of hydrogen-bond acceptors (Lipinski definition) is 7. The highest BCUT2D eigenvalue weighted by Gasteiger charge is 2.15. The van der Waals surface area contributed by atoms with E-state index < -0.39 is 10.9 Å². The van der Waals surface area contributed by atoms with Crippen molar-refractivity contribution in [2.75, 3.05) is 12.9 Å². The van der Waals surface area contributed by atoms with Gasteiger partial charge in [0.15, 0.2) is 4.80 Å². The van der Waals surface area contributed by atoms with Crippen LogP contribution in [0.4, 0.5) is 5.69 Å². The smallest absolute Gasteiger partial charge is 0.325 e. The van der Waals surface area contributed by atoms with Crippen molar-refractivity contribution >= 4 is 50.9 Å². The zero-order valence-corrected chi connectivity index (χ0v) is 18.5. The fourth-order valence-electron chi connectivity index (χ4n) is 2.86. The van der Waals surface area contributed by atoms with Gasteiger partial charge in [-0.25, -0.2) is 0 Å². The minimum Gasteiger partial charge on any atom is -0.468 e. The van der Waals surface area contributed by atoms with Crippen LogP contribution >= 0.6 is 23.1 Å². The minimum atomic E-state index is -0.496. The van der Waals surface area contributed by atoms with Crippen molar-refractivity contribution in [2.45, 2.75) is 25.1 Å². The number of amides is 1. The third kappa shape index (κ3) is 6.25. The van der Waals surface area contributed by atoms with E-state index in [0.717, 1.165) is 22.8 Å². The molecular formula is C21H21N3O5S2. The van der Waals surface area contributed by atoms with E-state index in [4.69, 9.17) is 4.74 Å². The van der Waals surface area contributed by atoms with E-state index in [1.54, 1.807) is 22.4 Å². The molecule has 1 heterocycles. The number of nitro benzene ring substituents is 1. The van der Waals surface area contributed by atoms with Crippen LogP contribution in [0.25, 0.3) is 10.2 Å². The second kappa shape index (κ2) is 10.9. The van der Waals surface area contributed by atoms with E-state index >= 15 is 0 Å². The van der Waals surface area contributed by atoms with Crippen LogP contribution in [-0.2, 0) is 26.6 Å². The predicted molar refractivity (Wildman–Crippen MR) is 121 cm³/mol. The molecule has 0 aliphatic carbocycles. The largest absolute Gasteiger partial charge is 0.468 e. The molecule has 162 valence electrons. The molecule has 0 unspecified atom stereocenters. The van der Waals surface area contributed by atoms with Gasteiger partial charge in [0.25, 0.3) is 5.69 Å². The Morgan fingerprint density at radius 2 is 2.00 bits per heavy atom. The fraction of sp³-hybridized carbons (Fsp3) is 0.286. The average Bonchev–Trinajstić information content (AvgIpc) is 3.10. The first-order valence-electron chi connectivity index (χ1n) is 9.52. The highest BCUT2D eigenvalue weighted by atomic mass is 32.2. The number of fused-ring (bicyclic) bond motifs is 1. The lowest BCUT2D eigenvalue weighted by Gasteiger charge is -2.03. The van der Waals surface area contributed by atoms with Crippen LogP contribution in [0, 0.1) is 10.1 Å². The first-order valence-corrected chi connectivity index (χ1v) is 11.5. The van der Waals surface area contributed by atoms with Crippen molar-refractivity contribution in [1.29, 1.82) is 0 Å². The van der Waals surface area contributed by atoms with Crippen LogP contribution in [-0.4, -0.2) is 34.2 Å². The van der Waals surface area contributed by atoms with E-state index in [0.29, 0.717) is 21.4 Å².